The minimum Gasteiger partial charge on any atom is -0.256 e. The van der Waals surface area contributed by atoms with Gasteiger partial charge in [0.25, 0.3) is 0 Å². The summed E-state index contributed by atoms with van der Waals surface area (Å²) in [6.45, 7) is 2.24. The third-order valence-electron chi connectivity index (χ3n) is 3.70. The number of aromatic nitrogens is 1. The summed E-state index contributed by atoms with van der Waals surface area (Å²) in [7, 11) is -3.38. The van der Waals surface area contributed by atoms with Crippen LogP contribution in [0, 0.1) is 6.92 Å². The SMILES string of the molecule is Cc1ccc(CS(=O)(=O)NCc2ccnc3ccccc23)cc1. The van der Waals surface area contributed by atoms with Crippen LogP contribution in [0.15, 0.2) is 60.8 Å². The number of nitrogens with zero attached hydrogens (tertiary/aromatic N) is 1. The fraction of sp³-hybridized carbons (Fsp3) is 0.167. The van der Waals surface area contributed by atoms with Crippen LogP contribution in [0.2, 0.25) is 0 Å². The van der Waals surface area contributed by atoms with Gasteiger partial charge in [0.2, 0.25) is 10.0 Å². The van der Waals surface area contributed by atoms with Crippen LogP contribution in [0.4, 0.5) is 0 Å². The maximum absolute atomic E-state index is 12.3. The molecule has 5 heteroatoms. The zero-order chi connectivity index (χ0) is 16.3. The molecule has 0 radical (unpaired) electrons. The third kappa shape index (κ3) is 3.94. The van der Waals surface area contributed by atoms with E-state index in [9.17, 15) is 8.42 Å². The number of hydrogen-bond acceptors (Lipinski definition) is 3. The molecule has 0 aliphatic heterocycles. The van der Waals surface area contributed by atoms with E-state index in [4.69, 9.17) is 0 Å². The summed E-state index contributed by atoms with van der Waals surface area (Å²) in [5.74, 6) is -0.0176. The van der Waals surface area contributed by atoms with E-state index in [1.807, 2.05) is 61.5 Å². The van der Waals surface area contributed by atoms with Gasteiger partial charge in [-0.15, -0.1) is 0 Å². The maximum atomic E-state index is 12.3. The topological polar surface area (TPSA) is 59.1 Å². The van der Waals surface area contributed by atoms with Crippen molar-refractivity contribution in [3.05, 3.63) is 77.5 Å². The molecule has 1 N–H and O–H groups in total. The van der Waals surface area contributed by atoms with Gasteiger partial charge in [-0.25, -0.2) is 13.1 Å². The summed E-state index contributed by atoms with van der Waals surface area (Å²) in [6, 6.07) is 17.1. The first-order valence-corrected chi connectivity index (χ1v) is 9.04. The highest BCUT2D eigenvalue weighted by Crippen LogP contribution is 2.16. The highest BCUT2D eigenvalue weighted by Gasteiger charge is 2.12. The van der Waals surface area contributed by atoms with Crippen LogP contribution in [0.3, 0.4) is 0 Å². The molecule has 23 heavy (non-hydrogen) atoms. The van der Waals surface area contributed by atoms with Crippen molar-refractivity contribution in [2.45, 2.75) is 19.2 Å². The lowest BCUT2D eigenvalue weighted by Crippen LogP contribution is -2.24. The van der Waals surface area contributed by atoms with Crippen molar-refractivity contribution in [1.82, 2.24) is 9.71 Å². The number of aryl methyl sites for hydroxylation is 1. The van der Waals surface area contributed by atoms with E-state index >= 15 is 0 Å². The van der Waals surface area contributed by atoms with Gasteiger partial charge < -0.3 is 0 Å². The van der Waals surface area contributed by atoms with E-state index in [-0.39, 0.29) is 12.3 Å². The molecule has 0 saturated carbocycles. The molecule has 3 aromatic rings. The second-order valence-electron chi connectivity index (χ2n) is 5.55. The van der Waals surface area contributed by atoms with E-state index in [2.05, 4.69) is 9.71 Å². The first kappa shape index (κ1) is 15.6. The Bertz CT molecular complexity index is 914. The van der Waals surface area contributed by atoms with Crippen LogP contribution in [-0.4, -0.2) is 13.4 Å². The number of hydrogen-bond donors (Lipinski definition) is 1. The lowest BCUT2D eigenvalue weighted by Gasteiger charge is -2.09. The Morgan fingerprint density at radius 3 is 2.52 bits per heavy atom. The predicted octanol–water partition coefficient (Wildman–Crippen LogP) is 3.16. The lowest BCUT2D eigenvalue weighted by molar-refractivity contribution is 0.580. The van der Waals surface area contributed by atoms with Gasteiger partial charge in [-0.1, -0.05) is 48.0 Å². The number of para-hydroxylation sites is 1. The van der Waals surface area contributed by atoms with Crippen molar-refractivity contribution in [2.75, 3.05) is 0 Å². The van der Waals surface area contributed by atoms with Crippen LogP contribution in [0.1, 0.15) is 16.7 Å². The van der Waals surface area contributed by atoms with E-state index in [0.717, 1.165) is 27.6 Å². The van der Waals surface area contributed by atoms with Crippen LogP contribution in [0.25, 0.3) is 10.9 Å². The Morgan fingerprint density at radius 2 is 1.74 bits per heavy atom. The highest BCUT2D eigenvalue weighted by atomic mass is 32.2. The Labute approximate surface area is 136 Å². The first-order valence-electron chi connectivity index (χ1n) is 7.39. The van der Waals surface area contributed by atoms with Crippen LogP contribution in [0.5, 0.6) is 0 Å². The van der Waals surface area contributed by atoms with Crippen LogP contribution >= 0.6 is 0 Å². The van der Waals surface area contributed by atoms with Crippen molar-refractivity contribution in [1.29, 1.82) is 0 Å². The fourth-order valence-corrected chi connectivity index (χ4v) is 3.56. The average Bonchev–Trinajstić information content (AvgIpc) is 2.55. The van der Waals surface area contributed by atoms with Gasteiger partial charge in [0.05, 0.1) is 11.3 Å². The zero-order valence-corrected chi connectivity index (χ0v) is 13.7. The second-order valence-corrected chi connectivity index (χ2v) is 7.36. The Hall–Kier alpha value is -2.24. The predicted molar refractivity (Wildman–Crippen MR) is 92.4 cm³/mol. The molecule has 0 spiro atoms. The third-order valence-corrected chi connectivity index (χ3v) is 5.00. The minimum atomic E-state index is -3.38. The van der Waals surface area contributed by atoms with Crippen molar-refractivity contribution in [3.8, 4) is 0 Å². The molecule has 0 aliphatic rings. The molecule has 0 bridgehead atoms. The van der Waals surface area contributed by atoms with Gasteiger partial charge >= 0.3 is 0 Å². The quantitative estimate of drug-likeness (QED) is 0.783. The molecule has 0 fully saturated rings. The second kappa shape index (κ2) is 6.48. The van der Waals surface area contributed by atoms with Gasteiger partial charge in [-0.05, 0) is 30.2 Å². The maximum Gasteiger partial charge on any atom is 0.216 e. The molecule has 1 aromatic heterocycles. The van der Waals surface area contributed by atoms with E-state index in [1.54, 1.807) is 6.20 Å². The smallest absolute Gasteiger partial charge is 0.216 e. The Morgan fingerprint density at radius 1 is 1.00 bits per heavy atom. The van der Waals surface area contributed by atoms with Crippen molar-refractivity contribution < 1.29 is 8.42 Å². The number of nitrogens with one attached hydrogen (secondary N) is 1. The molecular weight excluding hydrogens is 308 g/mol. The molecule has 0 amide bonds. The Balaban J connectivity index is 1.74. The number of sulfonamides is 1. The largest absolute Gasteiger partial charge is 0.256 e. The zero-order valence-electron chi connectivity index (χ0n) is 12.9. The van der Waals surface area contributed by atoms with Gasteiger partial charge in [0, 0.05) is 18.1 Å². The molecule has 2 aromatic carbocycles. The van der Waals surface area contributed by atoms with Crippen molar-refractivity contribution in [3.63, 3.8) is 0 Å². The molecule has 118 valence electrons. The number of pyridine rings is 1. The normalized spacial score (nSPS) is 11.7. The number of rotatable bonds is 5. The van der Waals surface area contributed by atoms with Crippen LogP contribution < -0.4 is 4.72 Å². The van der Waals surface area contributed by atoms with Gasteiger partial charge in [0.1, 0.15) is 0 Å². The number of benzene rings is 2. The summed E-state index contributed by atoms with van der Waals surface area (Å²) in [5, 5.41) is 0.966. The molecule has 0 unspecified atom stereocenters. The standard InChI is InChI=1S/C18H18N2O2S/c1-14-6-8-15(9-7-14)13-23(21,22)20-12-16-10-11-19-18-5-3-2-4-17(16)18/h2-11,20H,12-13H2,1H3. The highest BCUT2D eigenvalue weighted by molar-refractivity contribution is 7.88. The summed E-state index contributed by atoms with van der Waals surface area (Å²) in [6.07, 6.45) is 1.70. The molecular formula is C18H18N2O2S. The molecule has 0 aliphatic carbocycles. The van der Waals surface area contributed by atoms with Crippen LogP contribution in [-0.2, 0) is 22.3 Å². The van der Waals surface area contributed by atoms with E-state index in [0.29, 0.717) is 0 Å². The molecule has 0 atom stereocenters. The monoisotopic (exact) mass is 326 g/mol. The van der Waals surface area contributed by atoms with Crippen molar-refractivity contribution in [2.24, 2.45) is 0 Å². The van der Waals surface area contributed by atoms with Gasteiger partial charge in [0.15, 0.2) is 0 Å². The minimum absolute atomic E-state index is 0.0176. The van der Waals surface area contributed by atoms with Crippen molar-refractivity contribution >= 4 is 20.9 Å². The average molecular weight is 326 g/mol. The molecule has 1 heterocycles. The number of fused-ring (bicyclic) bond motifs is 1. The van der Waals surface area contributed by atoms with E-state index in [1.165, 1.54) is 0 Å². The summed E-state index contributed by atoms with van der Waals surface area (Å²) in [4.78, 5) is 4.29. The van der Waals surface area contributed by atoms with E-state index < -0.39 is 10.0 Å². The summed E-state index contributed by atoms with van der Waals surface area (Å²) >= 11 is 0. The van der Waals surface area contributed by atoms with Gasteiger partial charge in [-0.3, -0.25) is 4.98 Å². The fourth-order valence-electron chi connectivity index (χ4n) is 2.45. The molecule has 3 rings (SSSR count). The summed E-state index contributed by atoms with van der Waals surface area (Å²) < 4.78 is 27.2. The molecule has 4 nitrogen and oxygen atoms in total. The Kier molecular flexibility index (Phi) is 4.41. The summed E-state index contributed by atoms with van der Waals surface area (Å²) in [5.41, 5.74) is 3.68. The van der Waals surface area contributed by atoms with Gasteiger partial charge in [-0.2, -0.15) is 0 Å². The first-order chi connectivity index (χ1) is 11.0. The molecule has 0 saturated heterocycles. The lowest BCUT2D eigenvalue weighted by atomic mass is 10.1.